The Morgan fingerprint density at radius 1 is 1.31 bits per heavy atom. The Bertz CT molecular complexity index is 543. The van der Waals surface area contributed by atoms with Crippen LogP contribution < -0.4 is 5.32 Å². The molecule has 1 aromatic heterocycles. The summed E-state index contributed by atoms with van der Waals surface area (Å²) in [7, 11) is 0. The molecule has 2 nitrogen and oxygen atoms in total. The number of nitrogens with zero attached hydrogens (tertiary/aromatic N) is 1. The fraction of sp³-hybridized carbons (Fsp3) is 0.308. The third kappa shape index (κ3) is 1.43. The quantitative estimate of drug-likeness (QED) is 0.750. The van der Waals surface area contributed by atoms with Gasteiger partial charge in [0.15, 0.2) is 0 Å². The van der Waals surface area contributed by atoms with Gasteiger partial charge in [-0.25, -0.2) is 4.98 Å². The SMILES string of the molecule is Cc1nc2c(s1)CCNc1c(C)cccc1-2. The lowest BCUT2D eigenvalue weighted by Crippen LogP contribution is -2.03. The van der Waals surface area contributed by atoms with Gasteiger partial charge in [0.1, 0.15) is 0 Å². The van der Waals surface area contributed by atoms with Crippen LogP contribution in [0.25, 0.3) is 11.3 Å². The Hall–Kier alpha value is -1.35. The molecule has 1 N–H and O–H groups in total. The highest BCUT2D eigenvalue weighted by atomic mass is 32.1. The molecule has 0 fully saturated rings. The number of para-hydroxylation sites is 1. The molecule has 0 saturated carbocycles. The fourth-order valence-electron chi connectivity index (χ4n) is 2.25. The van der Waals surface area contributed by atoms with Crippen molar-refractivity contribution in [1.82, 2.24) is 4.98 Å². The van der Waals surface area contributed by atoms with E-state index in [9.17, 15) is 0 Å². The van der Waals surface area contributed by atoms with E-state index < -0.39 is 0 Å². The summed E-state index contributed by atoms with van der Waals surface area (Å²) in [5.74, 6) is 0. The zero-order chi connectivity index (χ0) is 11.1. The number of anilines is 1. The molecule has 0 spiro atoms. The highest BCUT2D eigenvalue weighted by molar-refractivity contribution is 7.12. The van der Waals surface area contributed by atoms with Crippen LogP contribution in [0.5, 0.6) is 0 Å². The summed E-state index contributed by atoms with van der Waals surface area (Å²) >= 11 is 1.82. The van der Waals surface area contributed by atoms with Gasteiger partial charge in [0.05, 0.1) is 10.7 Å². The summed E-state index contributed by atoms with van der Waals surface area (Å²) in [5, 5.41) is 4.68. The van der Waals surface area contributed by atoms with Crippen molar-refractivity contribution < 1.29 is 0 Å². The molecule has 0 amide bonds. The number of aromatic nitrogens is 1. The molecule has 0 radical (unpaired) electrons. The van der Waals surface area contributed by atoms with E-state index in [-0.39, 0.29) is 0 Å². The van der Waals surface area contributed by atoms with E-state index in [2.05, 4.69) is 42.3 Å². The Balaban J connectivity index is 2.29. The van der Waals surface area contributed by atoms with Gasteiger partial charge in [-0.05, 0) is 19.4 Å². The molecule has 1 aliphatic heterocycles. The number of rotatable bonds is 0. The summed E-state index contributed by atoms with van der Waals surface area (Å²) in [5.41, 5.74) is 5.01. The normalized spacial score (nSPS) is 13.6. The minimum absolute atomic E-state index is 1.01. The molecule has 0 saturated heterocycles. The van der Waals surface area contributed by atoms with Crippen LogP contribution >= 0.6 is 11.3 Å². The van der Waals surface area contributed by atoms with E-state index in [1.807, 2.05) is 11.3 Å². The van der Waals surface area contributed by atoms with Gasteiger partial charge in [0.2, 0.25) is 0 Å². The van der Waals surface area contributed by atoms with Crippen LogP contribution in [0, 0.1) is 13.8 Å². The second-order valence-electron chi connectivity index (χ2n) is 4.18. The van der Waals surface area contributed by atoms with E-state index in [4.69, 9.17) is 0 Å². The zero-order valence-corrected chi connectivity index (χ0v) is 10.3. The molecule has 82 valence electrons. The first kappa shape index (κ1) is 9.85. The van der Waals surface area contributed by atoms with Crippen LogP contribution in [-0.4, -0.2) is 11.5 Å². The van der Waals surface area contributed by atoms with Crippen molar-refractivity contribution in [1.29, 1.82) is 0 Å². The first-order valence-electron chi connectivity index (χ1n) is 5.56. The van der Waals surface area contributed by atoms with Gasteiger partial charge in [-0.3, -0.25) is 0 Å². The summed E-state index contributed by atoms with van der Waals surface area (Å²) < 4.78 is 0. The van der Waals surface area contributed by atoms with Gasteiger partial charge in [0.25, 0.3) is 0 Å². The number of nitrogens with one attached hydrogen (secondary N) is 1. The van der Waals surface area contributed by atoms with Crippen LogP contribution in [0.4, 0.5) is 5.69 Å². The molecule has 3 heteroatoms. The maximum atomic E-state index is 4.67. The van der Waals surface area contributed by atoms with E-state index in [0.717, 1.165) is 13.0 Å². The van der Waals surface area contributed by atoms with Gasteiger partial charge in [0, 0.05) is 29.1 Å². The minimum Gasteiger partial charge on any atom is -0.384 e. The van der Waals surface area contributed by atoms with Gasteiger partial charge in [-0.1, -0.05) is 18.2 Å². The average Bonchev–Trinajstić information content (AvgIpc) is 2.53. The largest absolute Gasteiger partial charge is 0.384 e. The first-order chi connectivity index (χ1) is 7.75. The second kappa shape index (κ2) is 3.59. The molecule has 0 bridgehead atoms. The molecule has 2 heterocycles. The monoisotopic (exact) mass is 230 g/mol. The number of benzene rings is 1. The van der Waals surface area contributed by atoms with Crippen LogP contribution in [0.3, 0.4) is 0 Å². The molecular weight excluding hydrogens is 216 g/mol. The van der Waals surface area contributed by atoms with E-state index in [0.29, 0.717) is 0 Å². The highest BCUT2D eigenvalue weighted by Gasteiger charge is 2.18. The lowest BCUT2D eigenvalue weighted by molar-refractivity contribution is 1.05. The zero-order valence-electron chi connectivity index (χ0n) is 9.50. The molecule has 1 aromatic carbocycles. The van der Waals surface area contributed by atoms with Crippen molar-refractivity contribution in [3.8, 4) is 11.3 Å². The van der Waals surface area contributed by atoms with Crippen molar-refractivity contribution in [3.05, 3.63) is 33.6 Å². The Kier molecular flexibility index (Phi) is 2.21. The Morgan fingerprint density at radius 2 is 2.19 bits per heavy atom. The lowest BCUT2D eigenvalue weighted by atomic mass is 10.1. The molecule has 0 atom stereocenters. The van der Waals surface area contributed by atoms with Gasteiger partial charge < -0.3 is 5.32 Å². The minimum atomic E-state index is 1.01. The number of thiazole rings is 1. The third-order valence-electron chi connectivity index (χ3n) is 2.99. The third-order valence-corrected chi connectivity index (χ3v) is 4.02. The van der Waals surface area contributed by atoms with Crippen molar-refractivity contribution in [2.75, 3.05) is 11.9 Å². The Morgan fingerprint density at radius 3 is 3.06 bits per heavy atom. The summed E-state index contributed by atoms with van der Waals surface area (Å²) in [4.78, 5) is 6.08. The first-order valence-corrected chi connectivity index (χ1v) is 6.37. The number of aryl methyl sites for hydroxylation is 2. The molecule has 16 heavy (non-hydrogen) atoms. The summed E-state index contributed by atoms with van der Waals surface area (Å²) in [6, 6.07) is 6.42. The predicted octanol–water partition coefficient (Wildman–Crippen LogP) is 3.39. The summed E-state index contributed by atoms with van der Waals surface area (Å²) in [6.45, 7) is 5.24. The second-order valence-corrected chi connectivity index (χ2v) is 5.47. The Labute approximate surface area is 99.4 Å². The molecular formula is C13H14N2S. The van der Waals surface area contributed by atoms with Gasteiger partial charge in [-0.15, -0.1) is 11.3 Å². The average molecular weight is 230 g/mol. The van der Waals surface area contributed by atoms with Gasteiger partial charge >= 0.3 is 0 Å². The topological polar surface area (TPSA) is 24.9 Å². The smallest absolute Gasteiger partial charge is 0.0904 e. The summed E-state index contributed by atoms with van der Waals surface area (Å²) in [6.07, 6.45) is 1.08. The highest BCUT2D eigenvalue weighted by Crippen LogP contribution is 2.37. The fourth-order valence-corrected chi connectivity index (χ4v) is 3.20. The standard InChI is InChI=1S/C13H14N2S/c1-8-4-3-5-10-12(8)14-7-6-11-13(10)15-9(2)16-11/h3-5,14H,6-7H2,1-2H3. The van der Waals surface area contributed by atoms with Crippen molar-refractivity contribution >= 4 is 17.0 Å². The van der Waals surface area contributed by atoms with Crippen LogP contribution in [0.2, 0.25) is 0 Å². The maximum Gasteiger partial charge on any atom is 0.0904 e. The maximum absolute atomic E-state index is 4.67. The van der Waals surface area contributed by atoms with Crippen molar-refractivity contribution in [3.63, 3.8) is 0 Å². The molecule has 0 unspecified atom stereocenters. The van der Waals surface area contributed by atoms with E-state index in [1.165, 1.54) is 32.4 Å². The number of hydrogen-bond donors (Lipinski definition) is 1. The van der Waals surface area contributed by atoms with Gasteiger partial charge in [-0.2, -0.15) is 0 Å². The van der Waals surface area contributed by atoms with Crippen LogP contribution in [-0.2, 0) is 6.42 Å². The number of hydrogen-bond acceptors (Lipinski definition) is 3. The van der Waals surface area contributed by atoms with Crippen molar-refractivity contribution in [2.24, 2.45) is 0 Å². The predicted molar refractivity (Wildman–Crippen MR) is 69.2 cm³/mol. The molecule has 2 aromatic rings. The molecule has 0 aliphatic carbocycles. The van der Waals surface area contributed by atoms with E-state index >= 15 is 0 Å². The van der Waals surface area contributed by atoms with Crippen LogP contribution in [0.15, 0.2) is 18.2 Å². The number of fused-ring (bicyclic) bond motifs is 3. The van der Waals surface area contributed by atoms with Crippen molar-refractivity contribution in [2.45, 2.75) is 20.3 Å². The lowest BCUT2D eigenvalue weighted by Gasteiger charge is -2.10. The molecule has 1 aliphatic rings. The van der Waals surface area contributed by atoms with Crippen LogP contribution in [0.1, 0.15) is 15.4 Å². The van der Waals surface area contributed by atoms with E-state index in [1.54, 1.807) is 0 Å². The molecule has 3 rings (SSSR count).